The summed E-state index contributed by atoms with van der Waals surface area (Å²) in [4.78, 5) is 30.8. The van der Waals surface area contributed by atoms with Gasteiger partial charge < -0.3 is 15.0 Å². The van der Waals surface area contributed by atoms with Crippen molar-refractivity contribution in [1.29, 1.82) is 0 Å². The number of hydrogen-bond acceptors (Lipinski definition) is 5. The first-order valence-electron chi connectivity index (χ1n) is 8.00. The standard InChI is InChI=1S/C18H19N3O3S/c1-19-16(22)8-17-21-13(11-25-17)10-24-18(23)7-6-12-9-20-15-5-3-2-4-14(12)15/h2-5,9,11,20H,6-8,10H2,1H3,(H,19,22). The van der Waals surface area contributed by atoms with Crippen molar-refractivity contribution in [1.82, 2.24) is 15.3 Å². The maximum absolute atomic E-state index is 12.0. The highest BCUT2D eigenvalue weighted by Crippen LogP contribution is 2.19. The number of esters is 1. The third-order valence-electron chi connectivity index (χ3n) is 3.84. The van der Waals surface area contributed by atoms with Crippen LogP contribution in [-0.4, -0.2) is 28.9 Å². The fourth-order valence-corrected chi connectivity index (χ4v) is 3.30. The molecule has 0 unspecified atom stereocenters. The molecule has 0 fully saturated rings. The number of para-hydroxylation sites is 1. The Kier molecular flexibility index (Phi) is 5.45. The van der Waals surface area contributed by atoms with Crippen LogP contribution in [0, 0.1) is 0 Å². The monoisotopic (exact) mass is 357 g/mol. The van der Waals surface area contributed by atoms with Gasteiger partial charge in [-0.1, -0.05) is 18.2 Å². The van der Waals surface area contributed by atoms with E-state index in [-0.39, 0.29) is 24.9 Å². The Morgan fingerprint density at radius 3 is 3.00 bits per heavy atom. The molecule has 0 saturated heterocycles. The van der Waals surface area contributed by atoms with Crippen molar-refractivity contribution < 1.29 is 14.3 Å². The molecule has 6 nitrogen and oxygen atoms in total. The number of carbonyl (C=O) groups excluding carboxylic acids is 2. The minimum absolute atomic E-state index is 0.0865. The maximum Gasteiger partial charge on any atom is 0.306 e. The van der Waals surface area contributed by atoms with E-state index in [0.29, 0.717) is 23.5 Å². The van der Waals surface area contributed by atoms with Gasteiger partial charge in [-0.25, -0.2) is 4.98 Å². The zero-order valence-electron chi connectivity index (χ0n) is 13.9. The molecule has 0 aliphatic carbocycles. The van der Waals surface area contributed by atoms with Crippen molar-refractivity contribution in [2.24, 2.45) is 0 Å². The van der Waals surface area contributed by atoms with Crippen LogP contribution in [0.4, 0.5) is 0 Å². The van der Waals surface area contributed by atoms with Gasteiger partial charge in [0, 0.05) is 35.9 Å². The van der Waals surface area contributed by atoms with Gasteiger partial charge in [-0.15, -0.1) is 11.3 Å². The summed E-state index contributed by atoms with van der Waals surface area (Å²) in [6.07, 6.45) is 3.12. The van der Waals surface area contributed by atoms with Crippen molar-refractivity contribution in [3.63, 3.8) is 0 Å². The maximum atomic E-state index is 12.0. The summed E-state index contributed by atoms with van der Waals surface area (Å²) in [5.41, 5.74) is 2.84. The zero-order chi connectivity index (χ0) is 17.6. The van der Waals surface area contributed by atoms with E-state index in [1.54, 1.807) is 7.05 Å². The minimum Gasteiger partial charge on any atom is -0.459 e. The van der Waals surface area contributed by atoms with E-state index in [2.05, 4.69) is 15.3 Å². The zero-order valence-corrected chi connectivity index (χ0v) is 14.7. The molecule has 0 bridgehead atoms. The number of H-pyrrole nitrogens is 1. The Bertz CT molecular complexity index is 884. The summed E-state index contributed by atoms with van der Waals surface area (Å²) in [5.74, 6) is -0.345. The summed E-state index contributed by atoms with van der Waals surface area (Å²) in [6, 6.07) is 8.01. The number of aromatic nitrogens is 2. The molecule has 0 radical (unpaired) electrons. The quantitative estimate of drug-likeness (QED) is 0.637. The van der Waals surface area contributed by atoms with Crippen molar-refractivity contribution in [2.75, 3.05) is 7.05 Å². The SMILES string of the molecule is CNC(=O)Cc1nc(COC(=O)CCc2c[nH]c3ccccc23)cs1. The third kappa shape index (κ3) is 4.45. The van der Waals surface area contributed by atoms with Gasteiger partial charge in [-0.2, -0.15) is 0 Å². The largest absolute Gasteiger partial charge is 0.459 e. The smallest absolute Gasteiger partial charge is 0.306 e. The molecule has 7 heteroatoms. The molecular weight excluding hydrogens is 338 g/mol. The molecule has 2 heterocycles. The van der Waals surface area contributed by atoms with Gasteiger partial charge in [0.15, 0.2) is 0 Å². The van der Waals surface area contributed by atoms with Crippen LogP contribution in [0.1, 0.15) is 22.7 Å². The van der Waals surface area contributed by atoms with Crippen LogP contribution < -0.4 is 5.32 Å². The van der Waals surface area contributed by atoms with Crippen LogP contribution in [0.2, 0.25) is 0 Å². The number of fused-ring (bicyclic) bond motifs is 1. The number of rotatable bonds is 7. The van der Waals surface area contributed by atoms with Crippen LogP contribution in [0.15, 0.2) is 35.8 Å². The number of likely N-dealkylation sites (N-methyl/N-ethyl adjacent to an activating group) is 1. The molecule has 1 aromatic carbocycles. The van der Waals surface area contributed by atoms with Crippen molar-refractivity contribution in [3.05, 3.63) is 52.1 Å². The fraction of sp³-hybridized carbons (Fsp3) is 0.278. The number of aromatic amines is 1. The van der Waals surface area contributed by atoms with E-state index in [9.17, 15) is 9.59 Å². The summed E-state index contributed by atoms with van der Waals surface area (Å²) >= 11 is 1.39. The molecule has 2 N–H and O–H groups in total. The van der Waals surface area contributed by atoms with Crippen LogP contribution in [-0.2, 0) is 33.8 Å². The van der Waals surface area contributed by atoms with Crippen LogP contribution in [0.25, 0.3) is 10.9 Å². The molecule has 25 heavy (non-hydrogen) atoms. The van der Waals surface area contributed by atoms with E-state index in [4.69, 9.17) is 4.74 Å². The lowest BCUT2D eigenvalue weighted by Gasteiger charge is -2.03. The predicted molar refractivity (Wildman–Crippen MR) is 96.3 cm³/mol. The van der Waals surface area contributed by atoms with Crippen LogP contribution in [0.5, 0.6) is 0 Å². The first-order valence-corrected chi connectivity index (χ1v) is 8.88. The van der Waals surface area contributed by atoms with E-state index in [1.807, 2.05) is 35.8 Å². The second-order valence-electron chi connectivity index (χ2n) is 5.60. The second-order valence-corrected chi connectivity index (χ2v) is 6.55. The van der Waals surface area contributed by atoms with Gasteiger partial charge in [0.1, 0.15) is 11.6 Å². The van der Waals surface area contributed by atoms with Gasteiger partial charge in [0.05, 0.1) is 12.1 Å². The van der Waals surface area contributed by atoms with Gasteiger partial charge in [0.2, 0.25) is 5.91 Å². The molecule has 0 spiro atoms. The van der Waals surface area contributed by atoms with Crippen LogP contribution >= 0.6 is 11.3 Å². The molecule has 3 aromatic rings. The Balaban J connectivity index is 1.47. The molecule has 0 aliphatic heterocycles. The van der Waals surface area contributed by atoms with Gasteiger partial charge in [-0.05, 0) is 18.1 Å². The average Bonchev–Trinajstić information content (AvgIpc) is 3.24. The highest BCUT2D eigenvalue weighted by molar-refractivity contribution is 7.09. The first-order chi connectivity index (χ1) is 12.2. The minimum atomic E-state index is -0.258. The number of thiazole rings is 1. The van der Waals surface area contributed by atoms with E-state index >= 15 is 0 Å². The van der Waals surface area contributed by atoms with Crippen molar-refractivity contribution >= 4 is 34.1 Å². The van der Waals surface area contributed by atoms with Gasteiger partial charge in [-0.3, -0.25) is 9.59 Å². The molecule has 0 atom stereocenters. The highest BCUT2D eigenvalue weighted by atomic mass is 32.1. The summed E-state index contributed by atoms with van der Waals surface area (Å²) < 4.78 is 5.28. The van der Waals surface area contributed by atoms with E-state index in [1.165, 1.54) is 11.3 Å². The second kappa shape index (κ2) is 7.94. The number of hydrogen-bond donors (Lipinski definition) is 2. The van der Waals surface area contributed by atoms with Gasteiger partial charge in [0.25, 0.3) is 0 Å². The lowest BCUT2D eigenvalue weighted by Crippen LogP contribution is -2.19. The number of ether oxygens (including phenoxy) is 1. The number of nitrogens with one attached hydrogen (secondary N) is 2. The number of aryl methyl sites for hydroxylation is 1. The topological polar surface area (TPSA) is 84.1 Å². The summed E-state index contributed by atoms with van der Waals surface area (Å²) in [5, 5.41) is 6.21. The summed E-state index contributed by atoms with van der Waals surface area (Å²) in [6.45, 7) is 0.136. The number of amides is 1. The average molecular weight is 357 g/mol. The fourth-order valence-electron chi connectivity index (χ4n) is 2.52. The third-order valence-corrected chi connectivity index (χ3v) is 4.74. The van der Waals surface area contributed by atoms with Crippen molar-refractivity contribution in [2.45, 2.75) is 25.9 Å². The molecule has 1 amide bonds. The number of carbonyl (C=O) groups is 2. The van der Waals surface area contributed by atoms with Crippen molar-refractivity contribution in [3.8, 4) is 0 Å². The van der Waals surface area contributed by atoms with E-state index in [0.717, 1.165) is 16.5 Å². The number of benzene rings is 1. The predicted octanol–water partition coefficient (Wildman–Crippen LogP) is 2.59. The van der Waals surface area contributed by atoms with E-state index < -0.39 is 0 Å². The molecular formula is C18H19N3O3S. The Morgan fingerprint density at radius 2 is 2.16 bits per heavy atom. The lowest BCUT2D eigenvalue weighted by atomic mass is 10.1. The molecule has 130 valence electrons. The van der Waals surface area contributed by atoms with Gasteiger partial charge >= 0.3 is 5.97 Å². The highest BCUT2D eigenvalue weighted by Gasteiger charge is 2.10. The summed E-state index contributed by atoms with van der Waals surface area (Å²) in [7, 11) is 1.59. The molecule has 0 aliphatic rings. The Morgan fingerprint density at radius 1 is 1.32 bits per heavy atom. The number of nitrogens with zero attached hydrogens (tertiary/aromatic N) is 1. The molecule has 3 rings (SSSR count). The van der Waals surface area contributed by atoms with Crippen LogP contribution in [0.3, 0.4) is 0 Å². The normalized spacial score (nSPS) is 10.8. The molecule has 2 aromatic heterocycles. The first kappa shape index (κ1) is 17.2. The lowest BCUT2D eigenvalue weighted by molar-refractivity contribution is -0.145. The molecule has 0 saturated carbocycles. The Hall–Kier alpha value is -2.67. The Labute approximate surface area is 149 Å².